The summed E-state index contributed by atoms with van der Waals surface area (Å²) in [7, 11) is 0. The molecular formula is C19H30N2O2. The van der Waals surface area contributed by atoms with Gasteiger partial charge in [-0.2, -0.15) is 0 Å². The second-order valence-corrected chi connectivity index (χ2v) is 7.08. The molecule has 2 heterocycles. The van der Waals surface area contributed by atoms with E-state index in [-0.39, 0.29) is 0 Å². The maximum atomic E-state index is 10.3. The predicted octanol–water partition coefficient (Wildman–Crippen LogP) is 2.29. The van der Waals surface area contributed by atoms with Crippen molar-refractivity contribution in [2.24, 2.45) is 0 Å². The molecule has 2 atom stereocenters. The van der Waals surface area contributed by atoms with Crippen LogP contribution in [-0.2, 0) is 0 Å². The molecule has 3 rings (SSSR count). The van der Waals surface area contributed by atoms with Gasteiger partial charge in [0, 0.05) is 19.1 Å². The monoisotopic (exact) mass is 318 g/mol. The Balaban J connectivity index is 1.41. The van der Waals surface area contributed by atoms with Crippen LogP contribution in [0.2, 0.25) is 0 Å². The van der Waals surface area contributed by atoms with Crippen LogP contribution in [0.25, 0.3) is 0 Å². The van der Waals surface area contributed by atoms with Gasteiger partial charge in [0.1, 0.15) is 18.5 Å². The van der Waals surface area contributed by atoms with E-state index in [4.69, 9.17) is 4.74 Å². The Morgan fingerprint density at radius 3 is 2.61 bits per heavy atom. The molecule has 128 valence electrons. The first-order valence-electron chi connectivity index (χ1n) is 9.04. The molecule has 23 heavy (non-hydrogen) atoms. The first kappa shape index (κ1) is 16.7. The Morgan fingerprint density at radius 1 is 1.13 bits per heavy atom. The topological polar surface area (TPSA) is 35.9 Å². The molecule has 1 aromatic rings. The van der Waals surface area contributed by atoms with Crippen molar-refractivity contribution in [1.82, 2.24) is 9.80 Å². The summed E-state index contributed by atoms with van der Waals surface area (Å²) < 4.78 is 5.70. The van der Waals surface area contributed by atoms with Crippen molar-refractivity contribution < 1.29 is 9.84 Å². The van der Waals surface area contributed by atoms with Crippen molar-refractivity contribution in [2.75, 3.05) is 39.3 Å². The summed E-state index contributed by atoms with van der Waals surface area (Å²) in [4.78, 5) is 5.05. The third-order valence-corrected chi connectivity index (χ3v) is 5.07. The van der Waals surface area contributed by atoms with Gasteiger partial charge in [0.05, 0.1) is 0 Å². The number of likely N-dealkylation sites (tertiary alicyclic amines) is 2. The van der Waals surface area contributed by atoms with Crippen molar-refractivity contribution in [3.8, 4) is 5.75 Å². The van der Waals surface area contributed by atoms with E-state index >= 15 is 0 Å². The zero-order valence-corrected chi connectivity index (χ0v) is 14.3. The SMILES string of the molecule is Cc1ccc(OCC(O)CN2CCCC(N3CCCC3)C2)cc1. The molecule has 2 aliphatic heterocycles. The number of aliphatic hydroxyl groups is 1. The molecule has 2 unspecified atom stereocenters. The van der Waals surface area contributed by atoms with Crippen molar-refractivity contribution in [3.05, 3.63) is 29.8 Å². The van der Waals surface area contributed by atoms with E-state index in [1.54, 1.807) is 0 Å². The third kappa shape index (κ3) is 4.93. The molecule has 0 bridgehead atoms. The summed E-state index contributed by atoms with van der Waals surface area (Å²) >= 11 is 0. The number of aliphatic hydroxyl groups excluding tert-OH is 1. The minimum atomic E-state index is -0.423. The molecule has 4 nitrogen and oxygen atoms in total. The molecule has 0 aliphatic carbocycles. The lowest BCUT2D eigenvalue weighted by atomic mass is 10.0. The van der Waals surface area contributed by atoms with Gasteiger partial charge in [0.15, 0.2) is 0 Å². The van der Waals surface area contributed by atoms with E-state index in [1.807, 2.05) is 24.3 Å². The molecule has 4 heteroatoms. The minimum Gasteiger partial charge on any atom is -0.491 e. The van der Waals surface area contributed by atoms with Gasteiger partial charge in [-0.15, -0.1) is 0 Å². The first-order valence-corrected chi connectivity index (χ1v) is 9.04. The van der Waals surface area contributed by atoms with E-state index in [1.165, 1.54) is 44.3 Å². The Bertz CT molecular complexity index is 471. The predicted molar refractivity (Wildman–Crippen MR) is 92.9 cm³/mol. The van der Waals surface area contributed by atoms with Gasteiger partial charge in [0.2, 0.25) is 0 Å². The van der Waals surface area contributed by atoms with Gasteiger partial charge in [-0.25, -0.2) is 0 Å². The van der Waals surface area contributed by atoms with Crippen molar-refractivity contribution in [2.45, 2.75) is 44.8 Å². The van der Waals surface area contributed by atoms with E-state index < -0.39 is 6.10 Å². The van der Waals surface area contributed by atoms with Crippen LogP contribution >= 0.6 is 0 Å². The summed E-state index contributed by atoms with van der Waals surface area (Å²) in [5, 5.41) is 10.3. The largest absolute Gasteiger partial charge is 0.491 e. The lowest BCUT2D eigenvalue weighted by Gasteiger charge is -2.38. The molecule has 1 aromatic carbocycles. The Morgan fingerprint density at radius 2 is 1.87 bits per heavy atom. The summed E-state index contributed by atoms with van der Waals surface area (Å²) in [6, 6.07) is 8.69. The van der Waals surface area contributed by atoms with Crippen LogP contribution in [0.15, 0.2) is 24.3 Å². The average Bonchev–Trinajstić information content (AvgIpc) is 3.09. The highest BCUT2D eigenvalue weighted by atomic mass is 16.5. The fourth-order valence-corrected chi connectivity index (χ4v) is 3.78. The molecule has 2 saturated heterocycles. The van der Waals surface area contributed by atoms with E-state index in [9.17, 15) is 5.11 Å². The Kier molecular flexibility index (Phi) is 5.92. The Labute approximate surface area is 140 Å². The van der Waals surface area contributed by atoms with E-state index in [0.29, 0.717) is 12.6 Å². The number of benzene rings is 1. The van der Waals surface area contributed by atoms with Crippen molar-refractivity contribution in [1.29, 1.82) is 0 Å². The van der Waals surface area contributed by atoms with Crippen LogP contribution < -0.4 is 4.74 Å². The quantitative estimate of drug-likeness (QED) is 0.873. The van der Waals surface area contributed by atoms with Crippen LogP contribution in [0.1, 0.15) is 31.2 Å². The fourth-order valence-electron chi connectivity index (χ4n) is 3.78. The Hall–Kier alpha value is -1.10. The highest BCUT2D eigenvalue weighted by Crippen LogP contribution is 2.20. The van der Waals surface area contributed by atoms with Gasteiger partial charge in [0.25, 0.3) is 0 Å². The number of hydrogen-bond donors (Lipinski definition) is 1. The van der Waals surface area contributed by atoms with Crippen LogP contribution in [0.5, 0.6) is 5.75 Å². The number of ether oxygens (including phenoxy) is 1. The molecular weight excluding hydrogens is 288 g/mol. The summed E-state index contributed by atoms with van der Waals surface area (Å²) in [5.74, 6) is 0.836. The van der Waals surface area contributed by atoms with Crippen molar-refractivity contribution >= 4 is 0 Å². The van der Waals surface area contributed by atoms with Crippen molar-refractivity contribution in [3.63, 3.8) is 0 Å². The zero-order chi connectivity index (χ0) is 16.1. The van der Waals surface area contributed by atoms with Gasteiger partial charge in [-0.3, -0.25) is 9.80 Å². The highest BCUT2D eigenvalue weighted by molar-refractivity contribution is 5.26. The maximum absolute atomic E-state index is 10.3. The number of nitrogens with zero attached hydrogens (tertiary/aromatic N) is 2. The fraction of sp³-hybridized carbons (Fsp3) is 0.684. The lowest BCUT2D eigenvalue weighted by molar-refractivity contribution is 0.0416. The second-order valence-electron chi connectivity index (χ2n) is 7.08. The van der Waals surface area contributed by atoms with E-state index in [2.05, 4.69) is 16.7 Å². The van der Waals surface area contributed by atoms with Crippen LogP contribution in [-0.4, -0.2) is 66.4 Å². The summed E-state index contributed by atoms with van der Waals surface area (Å²) in [5.41, 5.74) is 1.22. The molecule has 2 aliphatic rings. The average molecular weight is 318 g/mol. The van der Waals surface area contributed by atoms with Gasteiger partial charge < -0.3 is 9.84 Å². The number of aryl methyl sites for hydroxylation is 1. The zero-order valence-electron chi connectivity index (χ0n) is 14.3. The number of β-amino-alcohol motifs (C(OH)–C–C–N with tert-alkyl or cyclic N) is 1. The number of rotatable bonds is 6. The second kappa shape index (κ2) is 8.13. The smallest absolute Gasteiger partial charge is 0.119 e. The van der Waals surface area contributed by atoms with Gasteiger partial charge in [-0.1, -0.05) is 17.7 Å². The van der Waals surface area contributed by atoms with Gasteiger partial charge in [-0.05, 0) is 64.4 Å². The standard InChI is InChI=1S/C19H30N2O2/c1-16-6-8-19(9-7-16)23-15-18(22)14-20-10-4-5-17(13-20)21-11-2-3-12-21/h6-9,17-18,22H,2-5,10-15H2,1H3. The summed E-state index contributed by atoms with van der Waals surface area (Å²) in [6.45, 7) is 7.87. The maximum Gasteiger partial charge on any atom is 0.119 e. The molecule has 0 saturated carbocycles. The normalized spacial score (nSPS) is 24.7. The molecule has 0 spiro atoms. The molecule has 0 amide bonds. The van der Waals surface area contributed by atoms with Crippen LogP contribution in [0.3, 0.4) is 0 Å². The van der Waals surface area contributed by atoms with E-state index in [0.717, 1.165) is 25.4 Å². The number of piperidine rings is 1. The summed E-state index contributed by atoms with van der Waals surface area (Å²) in [6.07, 6.45) is 4.83. The number of hydrogen-bond acceptors (Lipinski definition) is 4. The lowest BCUT2D eigenvalue weighted by Crippen LogP contribution is -2.49. The third-order valence-electron chi connectivity index (χ3n) is 5.07. The molecule has 1 N–H and O–H groups in total. The minimum absolute atomic E-state index is 0.369. The van der Waals surface area contributed by atoms with Crippen LogP contribution in [0.4, 0.5) is 0 Å². The molecule has 2 fully saturated rings. The van der Waals surface area contributed by atoms with Gasteiger partial charge >= 0.3 is 0 Å². The highest BCUT2D eigenvalue weighted by Gasteiger charge is 2.27. The first-order chi connectivity index (χ1) is 11.2. The molecule has 0 radical (unpaired) electrons. The van der Waals surface area contributed by atoms with Crippen LogP contribution in [0, 0.1) is 6.92 Å². The molecule has 0 aromatic heterocycles.